The van der Waals surface area contributed by atoms with Gasteiger partial charge in [-0.05, 0) is 115 Å². The molecule has 0 aliphatic heterocycles. The third kappa shape index (κ3) is 5.03. The van der Waals surface area contributed by atoms with E-state index in [4.69, 9.17) is 4.42 Å². The van der Waals surface area contributed by atoms with E-state index in [1.54, 1.807) is 11.3 Å². The average molecular weight is 810 g/mol. The summed E-state index contributed by atoms with van der Waals surface area (Å²) in [4.78, 5) is 2.41. The molecule has 3 aliphatic rings. The maximum Gasteiger partial charge on any atom is 0.142 e. The molecule has 3 aliphatic carbocycles. The number of anilines is 2. The number of rotatable bonds is 6. The van der Waals surface area contributed by atoms with Crippen molar-refractivity contribution in [2.75, 3.05) is 4.90 Å². The van der Waals surface area contributed by atoms with Gasteiger partial charge in [-0.25, -0.2) is 0 Å². The Morgan fingerprint density at radius 1 is 0.581 bits per heavy atom. The molecular weight excluding hydrogens is 771 g/mol. The largest absolute Gasteiger partial charge is 0.459 e. The zero-order chi connectivity index (χ0) is 40.8. The Labute approximate surface area is 364 Å². The van der Waals surface area contributed by atoms with Crippen molar-refractivity contribution in [1.29, 1.82) is 0 Å². The SMILES string of the molecule is C1=Cc2c(oc3c2ccc2ccccc23)C(c2ccccc2N(/C=C/C=C\c2csc3ccccc23)c2ccc3c(c2)C2(c4ccccc4-c4ccccc42)c2ccccc2-3)C1. The highest BCUT2D eigenvalue weighted by molar-refractivity contribution is 7.17. The van der Waals surface area contributed by atoms with Gasteiger partial charge in [0.15, 0.2) is 0 Å². The molecule has 2 heterocycles. The predicted octanol–water partition coefficient (Wildman–Crippen LogP) is 16.1. The molecule has 62 heavy (non-hydrogen) atoms. The van der Waals surface area contributed by atoms with Gasteiger partial charge in [0.2, 0.25) is 0 Å². The first-order valence-electron chi connectivity index (χ1n) is 21.5. The van der Waals surface area contributed by atoms with Crippen molar-refractivity contribution in [3.63, 3.8) is 0 Å². The molecular formula is C59H39NOS. The van der Waals surface area contributed by atoms with Crippen molar-refractivity contribution in [1.82, 2.24) is 0 Å². The topological polar surface area (TPSA) is 16.4 Å². The Hall–Kier alpha value is -7.46. The highest BCUT2D eigenvalue weighted by atomic mass is 32.1. The fourth-order valence-corrected chi connectivity index (χ4v) is 11.9. The highest BCUT2D eigenvalue weighted by Gasteiger charge is 2.51. The molecule has 0 amide bonds. The van der Waals surface area contributed by atoms with E-state index < -0.39 is 5.41 Å². The summed E-state index contributed by atoms with van der Waals surface area (Å²) in [5.41, 5.74) is 17.0. The lowest BCUT2D eigenvalue weighted by Gasteiger charge is -2.32. The fourth-order valence-electron chi connectivity index (χ4n) is 11.0. The first-order chi connectivity index (χ1) is 30.8. The van der Waals surface area contributed by atoms with E-state index in [-0.39, 0.29) is 5.92 Å². The average Bonchev–Trinajstić information content (AvgIpc) is 4.09. The summed E-state index contributed by atoms with van der Waals surface area (Å²) < 4.78 is 8.31. The second-order valence-corrected chi connectivity index (χ2v) is 17.6. The lowest BCUT2D eigenvalue weighted by atomic mass is 9.70. The summed E-state index contributed by atoms with van der Waals surface area (Å²) in [6.07, 6.45) is 14.3. The van der Waals surface area contributed by atoms with Crippen molar-refractivity contribution in [2.45, 2.75) is 17.8 Å². The van der Waals surface area contributed by atoms with Crippen LogP contribution in [-0.2, 0) is 5.41 Å². The number of furan rings is 1. The molecule has 1 spiro atoms. The Kier molecular flexibility index (Phi) is 7.85. The van der Waals surface area contributed by atoms with Crippen molar-refractivity contribution >= 4 is 66.7 Å². The van der Waals surface area contributed by atoms with Crippen LogP contribution in [0.1, 0.15) is 57.0 Å². The number of allylic oxidation sites excluding steroid dienone is 3. The molecule has 1 atom stereocenters. The molecule has 0 saturated heterocycles. The van der Waals surface area contributed by atoms with Crippen LogP contribution in [0.15, 0.2) is 210 Å². The Bertz CT molecular complexity index is 3480. The van der Waals surface area contributed by atoms with Crippen molar-refractivity contribution < 1.29 is 4.42 Å². The van der Waals surface area contributed by atoms with Gasteiger partial charge in [-0.15, -0.1) is 11.3 Å². The normalized spacial score (nSPS) is 15.5. The molecule has 8 aromatic carbocycles. The summed E-state index contributed by atoms with van der Waals surface area (Å²) in [6.45, 7) is 0. The van der Waals surface area contributed by atoms with Crippen LogP contribution < -0.4 is 4.90 Å². The zero-order valence-corrected chi connectivity index (χ0v) is 34.6. The van der Waals surface area contributed by atoms with Crippen LogP contribution in [-0.4, -0.2) is 0 Å². The van der Waals surface area contributed by atoms with E-state index in [1.807, 2.05) is 0 Å². The van der Waals surface area contributed by atoms with Crippen LogP contribution in [0.3, 0.4) is 0 Å². The first kappa shape index (κ1) is 35.3. The standard InChI is InChI=1S/C59H39NOS/c1-2-19-42-38(16-1)31-33-50-49-25-15-24-48(58(49)61-57(42)50)47-23-6-11-29-55(47)60(35-14-13-17-39-37-62-56-30-12-7-18-41(39)56)40-32-34-46-45-22-5-10-28-53(45)59(54(46)36-40)51-26-8-3-20-43(51)44-21-4-9-27-52(44)59/h1-23,25-37,48H,24H2/b17-13-,35-14+. The molecule has 292 valence electrons. The predicted molar refractivity (Wildman–Crippen MR) is 261 cm³/mol. The van der Waals surface area contributed by atoms with Gasteiger partial charge in [-0.3, -0.25) is 0 Å². The van der Waals surface area contributed by atoms with Crippen LogP contribution in [0.4, 0.5) is 11.4 Å². The number of fused-ring (bicyclic) bond motifs is 16. The second-order valence-electron chi connectivity index (χ2n) is 16.7. The van der Waals surface area contributed by atoms with Gasteiger partial charge in [0.05, 0.1) is 5.41 Å². The number of para-hydroxylation sites is 1. The van der Waals surface area contributed by atoms with Gasteiger partial charge in [-0.1, -0.05) is 170 Å². The molecule has 2 nitrogen and oxygen atoms in total. The molecule has 0 saturated carbocycles. The fraction of sp³-hybridized carbons (Fsp3) is 0.0508. The van der Waals surface area contributed by atoms with Crippen LogP contribution in [0.2, 0.25) is 0 Å². The molecule has 3 heteroatoms. The van der Waals surface area contributed by atoms with E-state index in [9.17, 15) is 0 Å². The van der Waals surface area contributed by atoms with Crippen molar-refractivity contribution in [3.8, 4) is 22.3 Å². The molecule has 10 aromatic rings. The quantitative estimate of drug-likeness (QED) is 0.156. The number of benzene rings is 8. The minimum Gasteiger partial charge on any atom is -0.459 e. The van der Waals surface area contributed by atoms with Crippen LogP contribution in [0.5, 0.6) is 0 Å². The Morgan fingerprint density at radius 2 is 1.24 bits per heavy atom. The molecule has 0 bridgehead atoms. The molecule has 0 N–H and O–H groups in total. The first-order valence-corrected chi connectivity index (χ1v) is 22.4. The van der Waals surface area contributed by atoms with E-state index in [0.717, 1.165) is 34.5 Å². The lowest BCUT2D eigenvalue weighted by molar-refractivity contribution is 0.519. The maximum atomic E-state index is 7.01. The molecule has 1 unspecified atom stereocenters. The minimum atomic E-state index is -0.440. The van der Waals surface area contributed by atoms with Gasteiger partial charge in [0.25, 0.3) is 0 Å². The summed E-state index contributed by atoms with van der Waals surface area (Å²) >= 11 is 1.79. The molecule has 0 fully saturated rings. The van der Waals surface area contributed by atoms with E-state index in [0.29, 0.717) is 0 Å². The highest BCUT2D eigenvalue weighted by Crippen LogP contribution is 2.63. The smallest absolute Gasteiger partial charge is 0.142 e. The molecule has 0 radical (unpaired) electrons. The Balaban J connectivity index is 1.01. The molecule has 13 rings (SSSR count). The number of nitrogens with zero attached hydrogens (tertiary/aromatic N) is 1. The third-order valence-corrected chi connectivity index (χ3v) is 14.6. The van der Waals surface area contributed by atoms with Gasteiger partial charge in [0.1, 0.15) is 11.3 Å². The van der Waals surface area contributed by atoms with E-state index in [2.05, 4.69) is 223 Å². The van der Waals surface area contributed by atoms with Crippen molar-refractivity contribution in [2.24, 2.45) is 0 Å². The summed E-state index contributed by atoms with van der Waals surface area (Å²) in [5.74, 6) is 1.06. The van der Waals surface area contributed by atoms with Crippen molar-refractivity contribution in [3.05, 3.63) is 250 Å². The minimum absolute atomic E-state index is 0.0274. The summed E-state index contributed by atoms with van der Waals surface area (Å²) in [7, 11) is 0. The summed E-state index contributed by atoms with van der Waals surface area (Å²) in [6, 6.07) is 64.9. The lowest BCUT2D eigenvalue weighted by Crippen LogP contribution is -2.26. The summed E-state index contributed by atoms with van der Waals surface area (Å²) in [5, 5.41) is 7.04. The van der Waals surface area contributed by atoms with E-state index >= 15 is 0 Å². The second kappa shape index (κ2) is 13.8. The van der Waals surface area contributed by atoms with Crippen LogP contribution >= 0.6 is 11.3 Å². The van der Waals surface area contributed by atoms with Crippen LogP contribution in [0, 0.1) is 0 Å². The van der Waals surface area contributed by atoms with Gasteiger partial charge < -0.3 is 9.32 Å². The zero-order valence-electron chi connectivity index (χ0n) is 33.8. The monoisotopic (exact) mass is 809 g/mol. The maximum absolute atomic E-state index is 7.01. The molecule has 2 aromatic heterocycles. The van der Waals surface area contributed by atoms with Gasteiger partial charge in [-0.2, -0.15) is 0 Å². The number of hydrogen-bond donors (Lipinski definition) is 0. The third-order valence-electron chi connectivity index (χ3n) is 13.6. The van der Waals surface area contributed by atoms with Crippen LogP contribution in [0.25, 0.3) is 66.2 Å². The van der Waals surface area contributed by atoms with Gasteiger partial charge in [0, 0.05) is 44.5 Å². The number of hydrogen-bond acceptors (Lipinski definition) is 3. The van der Waals surface area contributed by atoms with Gasteiger partial charge >= 0.3 is 0 Å². The Morgan fingerprint density at radius 3 is 2.03 bits per heavy atom. The van der Waals surface area contributed by atoms with E-state index in [1.165, 1.54) is 82.1 Å². The number of thiophene rings is 1.